The van der Waals surface area contributed by atoms with Crippen LogP contribution in [0.4, 0.5) is 11.6 Å². The molecule has 1 N–H and O–H groups in total. The van der Waals surface area contributed by atoms with Crippen LogP contribution >= 0.6 is 0 Å². The zero-order valence-electron chi connectivity index (χ0n) is 18.4. The number of anilines is 1. The number of rotatable bonds is 6. The molecule has 1 aromatic carbocycles. The zero-order valence-corrected chi connectivity index (χ0v) is 19.2. The minimum absolute atomic E-state index is 0.245. The predicted molar refractivity (Wildman–Crippen MR) is 124 cm³/mol. The Morgan fingerprint density at radius 3 is 2.42 bits per heavy atom. The van der Waals surface area contributed by atoms with Crippen molar-refractivity contribution in [1.29, 1.82) is 0 Å². The molecule has 12 heteroatoms. The molecule has 0 aliphatic carbocycles. The van der Waals surface area contributed by atoms with E-state index in [1.165, 1.54) is 6.26 Å². The first-order valence-corrected chi connectivity index (χ1v) is 12.0. The van der Waals surface area contributed by atoms with Crippen LogP contribution in [0.25, 0.3) is 28.5 Å². The summed E-state index contributed by atoms with van der Waals surface area (Å²) in [6.07, 6.45) is 1.49. The van der Waals surface area contributed by atoms with E-state index >= 15 is 0 Å². The summed E-state index contributed by atoms with van der Waals surface area (Å²) >= 11 is 0. The molecular weight excluding hydrogens is 446 g/mol. The quantitative estimate of drug-likeness (QED) is 0.457. The van der Waals surface area contributed by atoms with Crippen LogP contribution in [0, 0.1) is 0 Å². The van der Waals surface area contributed by atoms with E-state index in [0.717, 1.165) is 0 Å². The topological polar surface area (TPSA) is 126 Å². The second-order valence-electron chi connectivity index (χ2n) is 7.11. The average molecular weight is 468 g/mol. The third-order valence-corrected chi connectivity index (χ3v) is 5.99. The number of hydrogen-bond acceptors (Lipinski definition) is 9. The minimum atomic E-state index is -2.65. The zero-order chi connectivity index (χ0) is 23.2. The van der Waals surface area contributed by atoms with Crippen molar-refractivity contribution in [3.8, 4) is 34.6 Å². The van der Waals surface area contributed by atoms with Gasteiger partial charge in [-0.25, -0.2) is 24.1 Å². The Bertz CT molecular complexity index is 1490. The number of benzene rings is 1. The molecule has 1 atom stereocenters. The van der Waals surface area contributed by atoms with Crippen molar-refractivity contribution in [3.05, 3.63) is 36.4 Å². The maximum absolute atomic E-state index is 12.4. The third-order valence-electron chi connectivity index (χ3n) is 4.89. The highest BCUT2D eigenvalue weighted by Crippen LogP contribution is 2.39. The van der Waals surface area contributed by atoms with Crippen molar-refractivity contribution in [3.63, 3.8) is 0 Å². The van der Waals surface area contributed by atoms with Crippen LogP contribution in [0.15, 0.2) is 40.8 Å². The standard InChI is InChI=1S/C21H21N7O4S/c1-5-32-15-11-6-8-12(22-15)20-25-19-21(24-18-17(23-19)26-33(4,29)27-18)28(20)16-13(30-2)9-7-10-14(16)31-3/h6-11H,5H2,1-4H3,(H,23,24,26,27,29). The van der Waals surface area contributed by atoms with Crippen molar-refractivity contribution >= 4 is 32.8 Å². The summed E-state index contributed by atoms with van der Waals surface area (Å²) in [7, 11) is 0.487. The van der Waals surface area contributed by atoms with Crippen molar-refractivity contribution in [2.24, 2.45) is 4.36 Å². The third kappa shape index (κ3) is 3.57. The molecule has 0 saturated heterocycles. The van der Waals surface area contributed by atoms with Gasteiger partial charge >= 0.3 is 0 Å². The highest BCUT2D eigenvalue weighted by molar-refractivity contribution is 7.94. The molecule has 0 amide bonds. The van der Waals surface area contributed by atoms with Gasteiger partial charge in [-0.1, -0.05) is 12.1 Å². The normalized spacial score (nSPS) is 16.7. The number of nitrogens with zero attached hydrogens (tertiary/aromatic N) is 6. The fourth-order valence-electron chi connectivity index (χ4n) is 3.59. The Morgan fingerprint density at radius 2 is 1.73 bits per heavy atom. The van der Waals surface area contributed by atoms with Crippen LogP contribution in [0.1, 0.15) is 6.92 Å². The molecule has 1 aliphatic heterocycles. The van der Waals surface area contributed by atoms with Gasteiger partial charge in [0.15, 0.2) is 17.3 Å². The summed E-state index contributed by atoms with van der Waals surface area (Å²) in [4.78, 5) is 18.5. The summed E-state index contributed by atoms with van der Waals surface area (Å²) < 4.78 is 38.0. The van der Waals surface area contributed by atoms with E-state index in [-0.39, 0.29) is 5.82 Å². The van der Waals surface area contributed by atoms with Crippen molar-refractivity contribution in [2.75, 3.05) is 31.8 Å². The molecule has 0 bridgehead atoms. The van der Waals surface area contributed by atoms with Crippen LogP contribution in [0.2, 0.25) is 0 Å². The molecule has 170 valence electrons. The van der Waals surface area contributed by atoms with Gasteiger partial charge in [0.1, 0.15) is 32.8 Å². The van der Waals surface area contributed by atoms with E-state index in [4.69, 9.17) is 19.2 Å². The Hall–Kier alpha value is -3.93. The van der Waals surface area contributed by atoms with Gasteiger partial charge in [-0.05, 0) is 25.1 Å². The average Bonchev–Trinajstić information content (AvgIpc) is 3.31. The molecule has 0 fully saturated rings. The highest BCUT2D eigenvalue weighted by atomic mass is 32.2. The summed E-state index contributed by atoms with van der Waals surface area (Å²) in [5, 5.41) is 0. The van der Waals surface area contributed by atoms with Crippen LogP contribution in [-0.4, -0.2) is 55.8 Å². The lowest BCUT2D eigenvalue weighted by Gasteiger charge is -2.16. The summed E-state index contributed by atoms with van der Waals surface area (Å²) in [6.45, 7) is 2.37. The Balaban J connectivity index is 1.85. The summed E-state index contributed by atoms with van der Waals surface area (Å²) in [5.74, 6) is 2.55. The molecule has 11 nitrogen and oxygen atoms in total. The molecule has 33 heavy (non-hydrogen) atoms. The molecule has 0 radical (unpaired) electrons. The van der Waals surface area contributed by atoms with Crippen LogP contribution in [0.3, 0.4) is 0 Å². The van der Waals surface area contributed by atoms with E-state index < -0.39 is 9.92 Å². The lowest BCUT2D eigenvalue weighted by Crippen LogP contribution is -2.07. The number of imidazole rings is 1. The molecule has 1 unspecified atom stereocenters. The Labute approximate surface area is 190 Å². The van der Waals surface area contributed by atoms with Crippen molar-refractivity contribution in [2.45, 2.75) is 6.92 Å². The maximum atomic E-state index is 12.4. The SMILES string of the molecule is CCOc1cccc(-c2nc3nc4c(nc3n2-c2c(OC)cccc2OC)NS(C)(=O)=N4)n1. The van der Waals surface area contributed by atoms with E-state index in [1.807, 2.05) is 37.3 Å². The molecule has 4 aromatic rings. The smallest absolute Gasteiger partial charge is 0.213 e. The number of para-hydroxylation sites is 1. The summed E-state index contributed by atoms with van der Waals surface area (Å²) in [5.41, 5.74) is 1.82. The van der Waals surface area contributed by atoms with Crippen LogP contribution in [0.5, 0.6) is 17.4 Å². The number of methoxy groups -OCH3 is 2. The largest absolute Gasteiger partial charge is 0.494 e. The lowest BCUT2D eigenvalue weighted by atomic mass is 10.2. The van der Waals surface area contributed by atoms with Gasteiger partial charge in [0, 0.05) is 12.3 Å². The van der Waals surface area contributed by atoms with E-state index in [9.17, 15) is 4.21 Å². The monoisotopic (exact) mass is 467 g/mol. The van der Waals surface area contributed by atoms with Crippen LogP contribution in [-0.2, 0) is 9.92 Å². The first kappa shape index (κ1) is 20.9. The number of fused-ring (bicyclic) bond motifs is 2. The van der Waals surface area contributed by atoms with Crippen molar-refractivity contribution < 1.29 is 18.4 Å². The van der Waals surface area contributed by atoms with E-state index in [2.05, 4.69) is 24.0 Å². The van der Waals surface area contributed by atoms with Gasteiger partial charge in [0.2, 0.25) is 17.3 Å². The maximum Gasteiger partial charge on any atom is 0.213 e. The van der Waals surface area contributed by atoms with Crippen molar-refractivity contribution in [1.82, 2.24) is 24.5 Å². The number of nitrogens with one attached hydrogen (secondary N) is 1. The van der Waals surface area contributed by atoms with Gasteiger partial charge < -0.3 is 14.2 Å². The second-order valence-corrected chi connectivity index (χ2v) is 9.11. The molecule has 5 rings (SSSR count). The van der Waals surface area contributed by atoms with E-state index in [0.29, 0.717) is 58.3 Å². The molecule has 1 aliphatic rings. The van der Waals surface area contributed by atoms with Gasteiger partial charge in [-0.3, -0.25) is 9.29 Å². The Morgan fingerprint density at radius 1 is 1.00 bits per heavy atom. The number of aromatic nitrogens is 5. The Kier molecular flexibility index (Phi) is 5.01. The van der Waals surface area contributed by atoms with Gasteiger partial charge in [-0.2, -0.15) is 4.36 Å². The van der Waals surface area contributed by atoms with Gasteiger partial charge in [0.25, 0.3) is 0 Å². The minimum Gasteiger partial charge on any atom is -0.494 e. The molecule has 3 aromatic heterocycles. The molecular formula is C21H21N7O4S. The molecule has 0 saturated carbocycles. The lowest BCUT2D eigenvalue weighted by molar-refractivity contribution is 0.327. The molecule has 4 heterocycles. The first-order valence-electron chi connectivity index (χ1n) is 10.1. The number of hydrogen-bond donors (Lipinski definition) is 1. The van der Waals surface area contributed by atoms with Gasteiger partial charge in [0.05, 0.1) is 20.8 Å². The fourth-order valence-corrected chi connectivity index (χ4v) is 4.59. The number of ether oxygens (including phenoxy) is 3. The van der Waals surface area contributed by atoms with Crippen LogP contribution < -0.4 is 18.9 Å². The highest BCUT2D eigenvalue weighted by Gasteiger charge is 2.27. The number of pyridine rings is 1. The predicted octanol–water partition coefficient (Wildman–Crippen LogP) is 3.36. The van der Waals surface area contributed by atoms with E-state index in [1.54, 1.807) is 24.9 Å². The second kappa shape index (κ2) is 7.89. The first-order chi connectivity index (χ1) is 15.9. The summed E-state index contributed by atoms with van der Waals surface area (Å²) in [6, 6.07) is 10.9. The van der Waals surface area contributed by atoms with Gasteiger partial charge in [-0.15, -0.1) is 0 Å². The fraction of sp³-hybridized carbons (Fsp3) is 0.238. The molecule has 0 spiro atoms.